The van der Waals surface area contributed by atoms with Gasteiger partial charge in [0.1, 0.15) is 0 Å². The number of halogens is 4. The van der Waals surface area contributed by atoms with Crippen molar-refractivity contribution in [2.24, 2.45) is 0 Å². The van der Waals surface area contributed by atoms with Crippen molar-refractivity contribution >= 4 is 53.9 Å². The Labute approximate surface area is 257 Å². The third kappa shape index (κ3) is 4.73. The molecule has 3 aromatic rings. The average Bonchev–Trinajstić information content (AvgIpc) is 3.19. The molecule has 0 saturated carbocycles. The minimum atomic E-state index is -4.60. The molecule has 3 aromatic carbocycles. The van der Waals surface area contributed by atoms with Crippen molar-refractivity contribution in [3.05, 3.63) is 77.7 Å². The molecule has 216 valence electrons. The Morgan fingerprint density at radius 2 is 0.950 bits per heavy atom. The first-order valence-corrected chi connectivity index (χ1v) is 16.9. The van der Waals surface area contributed by atoms with Crippen molar-refractivity contribution in [3.8, 4) is 23.0 Å². The van der Waals surface area contributed by atoms with Gasteiger partial charge in [-0.1, -0.05) is 0 Å². The van der Waals surface area contributed by atoms with Crippen molar-refractivity contribution in [2.45, 2.75) is 79.6 Å². The number of benzene rings is 3. The van der Waals surface area contributed by atoms with E-state index in [1.807, 2.05) is 6.92 Å². The Hall–Kier alpha value is -1.55. The molecule has 9 heteroatoms. The van der Waals surface area contributed by atoms with Gasteiger partial charge in [0.15, 0.2) is 0 Å². The Kier molecular flexibility index (Phi) is 7.09. The summed E-state index contributed by atoms with van der Waals surface area (Å²) < 4.78 is 27.8. The van der Waals surface area contributed by atoms with Crippen LogP contribution in [-0.4, -0.2) is 6.16 Å². The van der Waals surface area contributed by atoms with Crippen LogP contribution in [0, 0.1) is 13.8 Å². The van der Waals surface area contributed by atoms with Gasteiger partial charge in [-0.15, -0.1) is 0 Å². The van der Waals surface area contributed by atoms with Gasteiger partial charge in [-0.3, -0.25) is 0 Å². The molecule has 5 rings (SSSR count). The van der Waals surface area contributed by atoms with E-state index in [0.29, 0.717) is 17.9 Å². The molecule has 1 spiro atoms. The van der Waals surface area contributed by atoms with Crippen LogP contribution >= 0.6 is 53.9 Å². The van der Waals surface area contributed by atoms with E-state index in [2.05, 4.69) is 79.7 Å². The van der Waals surface area contributed by atoms with Crippen molar-refractivity contribution in [2.75, 3.05) is 6.16 Å². The Morgan fingerprint density at radius 3 is 1.27 bits per heavy atom. The molecule has 0 bridgehead atoms. The van der Waals surface area contributed by atoms with E-state index in [1.54, 1.807) is 0 Å². The van der Waals surface area contributed by atoms with Crippen LogP contribution in [0.4, 0.5) is 0 Å². The van der Waals surface area contributed by atoms with Gasteiger partial charge in [0, 0.05) is 0 Å². The van der Waals surface area contributed by atoms with E-state index in [1.165, 1.54) is 0 Å². The first-order chi connectivity index (χ1) is 18.4. The van der Waals surface area contributed by atoms with Crippen LogP contribution in [0.3, 0.4) is 0 Å². The fraction of sp³-hybridized carbons (Fsp3) is 0.419. The molecule has 40 heavy (non-hydrogen) atoms. The molecule has 2 aliphatic heterocycles. The summed E-state index contributed by atoms with van der Waals surface area (Å²) in [6.07, 6.45) is 0.846. The zero-order valence-electron chi connectivity index (χ0n) is 24.3. The molecule has 0 aromatic heterocycles. The number of aryl methyl sites for hydroxylation is 2. The first-order valence-electron chi connectivity index (χ1n) is 13.3. The maximum absolute atomic E-state index is 7.12. The first kappa shape index (κ1) is 29.9. The van der Waals surface area contributed by atoms with Crippen LogP contribution in [-0.2, 0) is 17.3 Å². The fourth-order valence-corrected chi connectivity index (χ4v) is 9.26. The predicted molar refractivity (Wildman–Crippen MR) is 169 cm³/mol. The normalized spacial score (nSPS) is 18.0. The van der Waals surface area contributed by atoms with E-state index in [9.17, 15) is 0 Å². The average molecular weight is 644 g/mol. The number of hydrogen-bond acceptors (Lipinski definition) is 4. The topological polar surface area (TPSA) is 36.9 Å². The predicted octanol–water partition coefficient (Wildman–Crippen LogP) is 11.6. The third-order valence-corrected chi connectivity index (χ3v) is 12.3. The van der Waals surface area contributed by atoms with E-state index in [0.717, 1.165) is 33.4 Å². The van der Waals surface area contributed by atoms with Gasteiger partial charge >= 0.3 is 258 Å². The summed E-state index contributed by atoms with van der Waals surface area (Å²) >= 11 is 26.3. The molecule has 2 aliphatic rings. The van der Waals surface area contributed by atoms with E-state index < -0.39 is 7.51 Å². The van der Waals surface area contributed by atoms with Crippen molar-refractivity contribution < 1.29 is 18.1 Å². The van der Waals surface area contributed by atoms with E-state index in [4.69, 9.17) is 64.5 Å². The SMILES string of the molecule is CCP12(Oc3c(cc(C)cc3C(C)(C)C)Cc3cc(C)cc(C(C)(C)C)c3O1)Oc1c(Cl)c(Cl)c(Cl)c(Cl)c1O2. The molecule has 0 saturated heterocycles. The zero-order valence-corrected chi connectivity index (χ0v) is 28.2. The van der Waals surface area contributed by atoms with Crippen LogP contribution < -0.4 is 18.1 Å². The zero-order chi connectivity index (χ0) is 29.6. The van der Waals surface area contributed by atoms with Crippen LogP contribution in [0.15, 0.2) is 24.3 Å². The Morgan fingerprint density at radius 1 is 0.600 bits per heavy atom. The van der Waals surface area contributed by atoms with Crippen LogP contribution in [0.5, 0.6) is 23.0 Å². The van der Waals surface area contributed by atoms with Crippen LogP contribution in [0.1, 0.15) is 81.8 Å². The second kappa shape index (κ2) is 9.48. The van der Waals surface area contributed by atoms with Crippen molar-refractivity contribution in [3.63, 3.8) is 0 Å². The van der Waals surface area contributed by atoms with Gasteiger partial charge in [0.25, 0.3) is 0 Å². The molecule has 0 fully saturated rings. The third-order valence-electron chi connectivity index (χ3n) is 7.39. The number of hydrogen-bond donors (Lipinski definition) is 0. The molecule has 0 amide bonds. The Balaban J connectivity index is 1.91. The van der Waals surface area contributed by atoms with Crippen LogP contribution in [0.2, 0.25) is 20.1 Å². The molecule has 0 N–H and O–H groups in total. The molecule has 0 radical (unpaired) electrons. The van der Waals surface area contributed by atoms with Crippen molar-refractivity contribution in [1.82, 2.24) is 0 Å². The summed E-state index contributed by atoms with van der Waals surface area (Å²) in [5.74, 6) is 1.69. The quantitative estimate of drug-likeness (QED) is 0.150. The maximum atomic E-state index is 7.12. The van der Waals surface area contributed by atoms with E-state index in [-0.39, 0.29) is 48.6 Å². The summed E-state index contributed by atoms with van der Waals surface area (Å²) in [6, 6.07) is 8.63. The summed E-state index contributed by atoms with van der Waals surface area (Å²) in [6.45, 7) is 19.1. The minimum absolute atomic E-state index is 0.0789. The molecule has 2 heterocycles. The van der Waals surface area contributed by atoms with Crippen LogP contribution in [0.25, 0.3) is 0 Å². The summed E-state index contributed by atoms with van der Waals surface area (Å²) in [5.41, 5.74) is 5.86. The summed E-state index contributed by atoms with van der Waals surface area (Å²) in [7, 11) is -4.60. The van der Waals surface area contributed by atoms with Gasteiger partial charge in [0.2, 0.25) is 0 Å². The summed E-state index contributed by atoms with van der Waals surface area (Å²) in [4.78, 5) is 0. The second-order valence-corrected chi connectivity index (χ2v) is 17.6. The monoisotopic (exact) mass is 642 g/mol. The van der Waals surface area contributed by atoms with E-state index >= 15 is 0 Å². The van der Waals surface area contributed by atoms with Crippen molar-refractivity contribution in [1.29, 1.82) is 0 Å². The molecular weight excluding hydrogens is 609 g/mol. The van der Waals surface area contributed by atoms with Gasteiger partial charge < -0.3 is 0 Å². The fourth-order valence-electron chi connectivity index (χ4n) is 5.32. The molecular formula is C31H35Cl4O4P. The second-order valence-electron chi connectivity index (χ2n) is 12.8. The molecule has 0 aliphatic carbocycles. The Bertz CT molecular complexity index is 1460. The molecule has 4 nitrogen and oxygen atoms in total. The standard InChI is InChI=1S/C31H35Cl4O4P/c1-10-40(38-28-24(34)22(32)23(33)25(35)29(28)39-40)36-26-18(11-16(2)13-20(26)30(4,5)6)15-19-12-17(3)14-21(27(19)37-40)31(7,8)9/h11-14H,10,15H2,1-9H3. The molecule has 0 atom stereocenters. The van der Waals surface area contributed by atoms with Gasteiger partial charge in [-0.2, -0.15) is 0 Å². The number of fused-ring (bicyclic) bond motifs is 3. The molecule has 0 unspecified atom stereocenters. The van der Waals surface area contributed by atoms with Gasteiger partial charge in [-0.05, 0) is 0 Å². The van der Waals surface area contributed by atoms with Gasteiger partial charge in [0.05, 0.1) is 0 Å². The summed E-state index contributed by atoms with van der Waals surface area (Å²) in [5, 5.41) is 0.344. The van der Waals surface area contributed by atoms with Gasteiger partial charge in [-0.25, -0.2) is 0 Å². The number of rotatable bonds is 1.